The zero-order valence-electron chi connectivity index (χ0n) is 17.4. The van der Waals surface area contributed by atoms with Crippen LogP contribution in [-0.2, 0) is 22.6 Å². The molecular weight excluding hydrogens is 490 g/mol. The van der Waals surface area contributed by atoms with E-state index in [4.69, 9.17) is 9.47 Å². The lowest BCUT2D eigenvalue weighted by Crippen LogP contribution is -2.49. The highest BCUT2D eigenvalue weighted by atomic mass is 127. The second-order valence-corrected chi connectivity index (χ2v) is 6.66. The van der Waals surface area contributed by atoms with Crippen molar-refractivity contribution in [3.05, 3.63) is 35.1 Å². The fourth-order valence-electron chi connectivity index (χ4n) is 3.10. The van der Waals surface area contributed by atoms with Gasteiger partial charge in [0.25, 0.3) is 0 Å². The summed E-state index contributed by atoms with van der Waals surface area (Å²) in [4.78, 5) is 18.2. The molecule has 0 spiro atoms. The van der Waals surface area contributed by atoms with Crippen molar-refractivity contribution in [3.8, 4) is 0 Å². The molecule has 1 saturated heterocycles. The normalized spacial score (nSPS) is 14.9. The lowest BCUT2D eigenvalue weighted by atomic mass is 10.1. The van der Waals surface area contributed by atoms with Crippen molar-refractivity contribution in [1.82, 2.24) is 15.5 Å². The first-order valence-electron chi connectivity index (χ1n) is 9.80. The van der Waals surface area contributed by atoms with Gasteiger partial charge >= 0.3 is 6.09 Å². The van der Waals surface area contributed by atoms with E-state index in [2.05, 4.69) is 15.6 Å². The van der Waals surface area contributed by atoms with Gasteiger partial charge in [0.15, 0.2) is 5.96 Å². The Morgan fingerprint density at radius 1 is 1.31 bits per heavy atom. The van der Waals surface area contributed by atoms with Crippen LogP contribution in [0.25, 0.3) is 0 Å². The molecule has 0 aliphatic carbocycles. The number of nitrogens with zero attached hydrogens (tertiary/aromatic N) is 2. The summed E-state index contributed by atoms with van der Waals surface area (Å²) in [6, 6.07) is 5.20. The van der Waals surface area contributed by atoms with Gasteiger partial charge < -0.3 is 25.0 Å². The highest BCUT2D eigenvalue weighted by molar-refractivity contribution is 14.0. The summed E-state index contributed by atoms with van der Waals surface area (Å²) in [6.07, 6.45) is 1.42. The summed E-state index contributed by atoms with van der Waals surface area (Å²) in [5.41, 5.74) is 1.45. The number of guanidine groups is 1. The molecule has 0 saturated carbocycles. The molecule has 1 aliphatic heterocycles. The number of amides is 1. The van der Waals surface area contributed by atoms with Crippen molar-refractivity contribution >= 4 is 36.0 Å². The molecule has 1 aliphatic rings. The van der Waals surface area contributed by atoms with Crippen LogP contribution in [-0.4, -0.2) is 56.3 Å². The molecule has 0 unspecified atom stereocenters. The first-order chi connectivity index (χ1) is 13.6. The maximum absolute atomic E-state index is 13.7. The van der Waals surface area contributed by atoms with Crippen molar-refractivity contribution in [2.45, 2.75) is 45.9 Å². The predicted molar refractivity (Wildman–Crippen MR) is 122 cm³/mol. The zero-order chi connectivity index (χ0) is 20.4. The van der Waals surface area contributed by atoms with E-state index in [1.165, 1.54) is 6.07 Å². The lowest BCUT2D eigenvalue weighted by Gasteiger charge is -2.32. The van der Waals surface area contributed by atoms with Crippen LogP contribution in [0, 0.1) is 5.82 Å². The number of methoxy groups -OCH3 is 1. The number of ether oxygens (including phenoxy) is 2. The van der Waals surface area contributed by atoms with Crippen molar-refractivity contribution < 1.29 is 18.7 Å². The van der Waals surface area contributed by atoms with Crippen molar-refractivity contribution in [3.63, 3.8) is 0 Å². The number of nitrogens with one attached hydrogen (secondary N) is 2. The largest absolute Gasteiger partial charge is 0.450 e. The van der Waals surface area contributed by atoms with E-state index in [0.29, 0.717) is 31.8 Å². The van der Waals surface area contributed by atoms with E-state index in [0.717, 1.165) is 30.9 Å². The number of carbonyl (C=O) groups is 1. The molecule has 0 bridgehead atoms. The second-order valence-electron chi connectivity index (χ2n) is 6.66. The third-order valence-electron chi connectivity index (χ3n) is 4.54. The Hall–Kier alpha value is -1.62. The zero-order valence-corrected chi connectivity index (χ0v) is 19.7. The Kier molecular flexibility index (Phi) is 11.9. The number of benzene rings is 1. The molecule has 1 aromatic carbocycles. The van der Waals surface area contributed by atoms with Gasteiger partial charge in [0.1, 0.15) is 5.82 Å². The number of aliphatic imine (C=N–C) groups is 1. The van der Waals surface area contributed by atoms with E-state index < -0.39 is 0 Å². The fraction of sp³-hybridized carbons (Fsp3) is 0.600. The maximum Gasteiger partial charge on any atom is 0.409 e. The molecule has 7 nitrogen and oxygen atoms in total. The lowest BCUT2D eigenvalue weighted by molar-refractivity contribution is 0.0963. The maximum atomic E-state index is 13.7. The van der Waals surface area contributed by atoms with E-state index in [1.54, 1.807) is 24.1 Å². The smallest absolute Gasteiger partial charge is 0.409 e. The molecule has 1 heterocycles. The summed E-state index contributed by atoms with van der Waals surface area (Å²) in [7, 11) is 1.55. The van der Waals surface area contributed by atoms with Crippen LogP contribution in [0.1, 0.15) is 37.8 Å². The van der Waals surface area contributed by atoms with Crippen LogP contribution in [0.3, 0.4) is 0 Å². The third-order valence-corrected chi connectivity index (χ3v) is 4.54. The van der Waals surface area contributed by atoms with Crippen LogP contribution < -0.4 is 10.6 Å². The number of hydrogen-bond acceptors (Lipinski definition) is 4. The number of carbonyl (C=O) groups excluding carboxylic acids is 1. The third kappa shape index (κ3) is 8.33. The van der Waals surface area contributed by atoms with Crippen molar-refractivity contribution in [2.24, 2.45) is 4.99 Å². The molecule has 164 valence electrons. The molecule has 1 fully saturated rings. The van der Waals surface area contributed by atoms with Crippen LogP contribution in [0.5, 0.6) is 0 Å². The Morgan fingerprint density at radius 3 is 2.66 bits per heavy atom. The molecule has 0 aromatic heterocycles. The number of likely N-dealkylation sites (tertiary alicyclic amines) is 1. The minimum absolute atomic E-state index is 0. The molecular formula is C20H32FIN4O3. The van der Waals surface area contributed by atoms with Gasteiger partial charge in [-0.15, -0.1) is 24.0 Å². The van der Waals surface area contributed by atoms with E-state index in [-0.39, 0.29) is 48.5 Å². The molecule has 0 atom stereocenters. The molecule has 9 heteroatoms. The van der Waals surface area contributed by atoms with Gasteiger partial charge in [0, 0.05) is 38.3 Å². The first kappa shape index (κ1) is 25.4. The van der Waals surface area contributed by atoms with Gasteiger partial charge in [-0.3, -0.25) is 0 Å². The van der Waals surface area contributed by atoms with Crippen LogP contribution in [0.4, 0.5) is 9.18 Å². The molecule has 2 N–H and O–H groups in total. The first-order valence-corrected chi connectivity index (χ1v) is 9.80. The van der Waals surface area contributed by atoms with Gasteiger partial charge in [-0.05, 0) is 44.4 Å². The highest BCUT2D eigenvalue weighted by Gasteiger charge is 2.24. The second kappa shape index (κ2) is 13.6. The molecule has 29 heavy (non-hydrogen) atoms. The standard InChI is InChI=1S/C20H31FN4O3.HI/c1-4-22-19(23-13-15-6-7-18(21)16(12-15)14-27-3)24-17-8-10-25(11-9-17)20(26)28-5-2;/h6-7,12,17H,4-5,8-11,13-14H2,1-3H3,(H2,22,23,24);1H. The Bertz CT molecular complexity index is 667. The van der Waals surface area contributed by atoms with Crippen molar-refractivity contribution in [2.75, 3.05) is 33.4 Å². The summed E-state index contributed by atoms with van der Waals surface area (Å²) >= 11 is 0. The van der Waals surface area contributed by atoms with Gasteiger partial charge in [-0.2, -0.15) is 0 Å². The molecule has 1 amide bonds. The number of hydrogen-bond donors (Lipinski definition) is 2. The number of rotatable bonds is 7. The summed E-state index contributed by atoms with van der Waals surface area (Å²) < 4.78 is 23.8. The topological polar surface area (TPSA) is 75.2 Å². The average Bonchev–Trinajstić information content (AvgIpc) is 2.69. The minimum atomic E-state index is -0.270. The Balaban J connectivity index is 0.00000420. The number of halogens is 2. The fourth-order valence-corrected chi connectivity index (χ4v) is 3.10. The van der Waals surface area contributed by atoms with Gasteiger partial charge in [0.2, 0.25) is 0 Å². The quantitative estimate of drug-likeness (QED) is 0.327. The van der Waals surface area contributed by atoms with Crippen LogP contribution >= 0.6 is 24.0 Å². The van der Waals surface area contributed by atoms with Gasteiger partial charge in [0.05, 0.1) is 19.8 Å². The number of piperidine rings is 1. The Morgan fingerprint density at radius 2 is 2.03 bits per heavy atom. The molecule has 2 rings (SSSR count). The van der Waals surface area contributed by atoms with Gasteiger partial charge in [-0.25, -0.2) is 14.2 Å². The predicted octanol–water partition coefficient (Wildman–Crippen LogP) is 3.27. The van der Waals surface area contributed by atoms with Gasteiger partial charge in [-0.1, -0.05) is 6.07 Å². The van der Waals surface area contributed by atoms with E-state index >= 15 is 0 Å². The monoisotopic (exact) mass is 522 g/mol. The summed E-state index contributed by atoms with van der Waals surface area (Å²) in [5.74, 6) is 0.447. The van der Waals surface area contributed by atoms with Crippen LogP contribution in [0.2, 0.25) is 0 Å². The minimum Gasteiger partial charge on any atom is -0.450 e. The Labute approximate surface area is 189 Å². The van der Waals surface area contributed by atoms with Crippen LogP contribution in [0.15, 0.2) is 23.2 Å². The average molecular weight is 522 g/mol. The summed E-state index contributed by atoms with van der Waals surface area (Å²) in [5, 5.41) is 6.67. The highest BCUT2D eigenvalue weighted by Crippen LogP contribution is 2.14. The van der Waals surface area contributed by atoms with E-state index in [9.17, 15) is 9.18 Å². The van der Waals surface area contributed by atoms with E-state index in [1.807, 2.05) is 13.8 Å². The summed E-state index contributed by atoms with van der Waals surface area (Å²) in [6.45, 7) is 6.95. The molecule has 1 aromatic rings. The van der Waals surface area contributed by atoms with Crippen molar-refractivity contribution in [1.29, 1.82) is 0 Å². The SMILES string of the molecule is CCNC(=NCc1ccc(F)c(COC)c1)NC1CCN(C(=O)OCC)CC1.I. The molecule has 0 radical (unpaired) electrons.